The molecule has 1 aliphatic heterocycles. The molecule has 0 aromatic heterocycles. The molecule has 0 unspecified atom stereocenters. The fraction of sp³-hybridized carbons (Fsp3) is 0.533. The molecule has 0 radical (unpaired) electrons. The number of amides is 1. The van der Waals surface area contributed by atoms with Crippen LogP contribution < -0.4 is 4.74 Å². The van der Waals surface area contributed by atoms with Gasteiger partial charge in [0, 0.05) is 19.6 Å². The molecule has 1 fully saturated rings. The summed E-state index contributed by atoms with van der Waals surface area (Å²) >= 11 is 0. The number of ether oxygens (including phenoxy) is 1. The van der Waals surface area contributed by atoms with Gasteiger partial charge in [0.05, 0.1) is 12.2 Å². The standard InChI is InChI=1S/C15H22N2O2/c1-3-19-14-8-5-4-7-13(14)15(18)17-10-6-9-16(2)11-12-17/h4-5,7-8H,3,6,9-12H2,1-2H3. The summed E-state index contributed by atoms with van der Waals surface area (Å²) in [4.78, 5) is 16.8. The lowest BCUT2D eigenvalue weighted by Gasteiger charge is -2.21. The molecule has 0 aliphatic carbocycles. The maximum absolute atomic E-state index is 12.6. The Labute approximate surface area is 115 Å². The number of nitrogens with zero attached hydrogens (tertiary/aromatic N) is 2. The summed E-state index contributed by atoms with van der Waals surface area (Å²) in [6.07, 6.45) is 1.03. The van der Waals surface area contributed by atoms with E-state index >= 15 is 0 Å². The first kappa shape index (κ1) is 13.9. The predicted octanol–water partition coefficient (Wildman–Crippen LogP) is 1.86. The molecule has 0 N–H and O–H groups in total. The molecule has 1 heterocycles. The van der Waals surface area contributed by atoms with E-state index < -0.39 is 0 Å². The summed E-state index contributed by atoms with van der Waals surface area (Å²) in [7, 11) is 2.10. The van der Waals surface area contributed by atoms with Crippen molar-refractivity contribution in [3.05, 3.63) is 29.8 Å². The van der Waals surface area contributed by atoms with Crippen LogP contribution in [0.15, 0.2) is 24.3 Å². The van der Waals surface area contributed by atoms with E-state index in [1.54, 1.807) is 0 Å². The van der Waals surface area contributed by atoms with E-state index in [-0.39, 0.29) is 5.91 Å². The Morgan fingerprint density at radius 1 is 1.21 bits per heavy atom. The molecular weight excluding hydrogens is 240 g/mol. The highest BCUT2D eigenvalue weighted by molar-refractivity contribution is 5.97. The zero-order chi connectivity index (χ0) is 13.7. The Kier molecular flexibility index (Phi) is 4.80. The topological polar surface area (TPSA) is 32.8 Å². The molecule has 1 aliphatic rings. The van der Waals surface area contributed by atoms with Crippen LogP contribution in [-0.2, 0) is 0 Å². The van der Waals surface area contributed by atoms with Crippen molar-refractivity contribution < 1.29 is 9.53 Å². The van der Waals surface area contributed by atoms with Gasteiger partial charge in [-0.3, -0.25) is 4.79 Å². The Bertz CT molecular complexity index is 434. The quantitative estimate of drug-likeness (QED) is 0.833. The van der Waals surface area contributed by atoms with Crippen LogP contribution in [0.2, 0.25) is 0 Å². The second-order valence-electron chi connectivity index (χ2n) is 4.88. The van der Waals surface area contributed by atoms with Crippen LogP contribution in [0.3, 0.4) is 0 Å². The SMILES string of the molecule is CCOc1ccccc1C(=O)N1CCCN(C)CC1. The Balaban J connectivity index is 2.14. The minimum atomic E-state index is 0.0827. The molecule has 4 heteroatoms. The molecule has 19 heavy (non-hydrogen) atoms. The van der Waals surface area contributed by atoms with Crippen molar-refractivity contribution in [1.82, 2.24) is 9.80 Å². The van der Waals surface area contributed by atoms with Gasteiger partial charge in [-0.2, -0.15) is 0 Å². The van der Waals surface area contributed by atoms with Crippen molar-refractivity contribution in [3.63, 3.8) is 0 Å². The number of rotatable bonds is 3. The molecule has 0 bridgehead atoms. The summed E-state index contributed by atoms with van der Waals surface area (Å²) in [6.45, 7) is 6.11. The fourth-order valence-corrected chi connectivity index (χ4v) is 2.34. The average Bonchev–Trinajstić information content (AvgIpc) is 2.64. The number of para-hydroxylation sites is 1. The highest BCUT2D eigenvalue weighted by Crippen LogP contribution is 2.20. The largest absolute Gasteiger partial charge is 0.493 e. The van der Waals surface area contributed by atoms with Crippen LogP contribution in [0.25, 0.3) is 0 Å². The molecule has 0 atom stereocenters. The molecule has 0 saturated carbocycles. The van der Waals surface area contributed by atoms with Crippen molar-refractivity contribution in [1.29, 1.82) is 0 Å². The number of carbonyl (C=O) groups excluding carboxylic acids is 1. The van der Waals surface area contributed by atoms with Gasteiger partial charge < -0.3 is 14.5 Å². The minimum Gasteiger partial charge on any atom is -0.493 e. The normalized spacial score (nSPS) is 17.1. The van der Waals surface area contributed by atoms with E-state index in [1.807, 2.05) is 36.1 Å². The van der Waals surface area contributed by atoms with Crippen LogP contribution in [0, 0.1) is 0 Å². The Morgan fingerprint density at radius 3 is 2.79 bits per heavy atom. The van der Waals surface area contributed by atoms with Gasteiger partial charge in [-0.05, 0) is 39.1 Å². The van der Waals surface area contributed by atoms with Crippen molar-refractivity contribution >= 4 is 5.91 Å². The minimum absolute atomic E-state index is 0.0827. The van der Waals surface area contributed by atoms with E-state index in [4.69, 9.17) is 4.74 Å². The van der Waals surface area contributed by atoms with E-state index in [0.717, 1.165) is 32.6 Å². The van der Waals surface area contributed by atoms with Crippen LogP contribution in [0.5, 0.6) is 5.75 Å². The van der Waals surface area contributed by atoms with Crippen LogP contribution >= 0.6 is 0 Å². The number of carbonyl (C=O) groups is 1. The molecule has 2 rings (SSSR count). The zero-order valence-corrected chi connectivity index (χ0v) is 11.8. The third-order valence-electron chi connectivity index (χ3n) is 3.42. The Hall–Kier alpha value is -1.55. The summed E-state index contributed by atoms with van der Waals surface area (Å²) in [5.41, 5.74) is 0.675. The predicted molar refractivity (Wildman–Crippen MR) is 75.6 cm³/mol. The van der Waals surface area contributed by atoms with E-state index in [9.17, 15) is 4.79 Å². The molecule has 4 nitrogen and oxygen atoms in total. The van der Waals surface area contributed by atoms with E-state index in [0.29, 0.717) is 17.9 Å². The Morgan fingerprint density at radius 2 is 2.00 bits per heavy atom. The summed E-state index contributed by atoms with van der Waals surface area (Å²) in [5.74, 6) is 0.770. The second kappa shape index (κ2) is 6.57. The zero-order valence-electron chi connectivity index (χ0n) is 11.8. The van der Waals surface area contributed by atoms with Crippen molar-refractivity contribution in [2.24, 2.45) is 0 Å². The first-order valence-electron chi connectivity index (χ1n) is 6.92. The van der Waals surface area contributed by atoms with E-state index in [2.05, 4.69) is 11.9 Å². The lowest BCUT2D eigenvalue weighted by Crippen LogP contribution is -2.34. The monoisotopic (exact) mass is 262 g/mol. The smallest absolute Gasteiger partial charge is 0.257 e. The van der Waals surface area contributed by atoms with Gasteiger partial charge >= 0.3 is 0 Å². The molecule has 1 saturated heterocycles. The number of hydrogen-bond donors (Lipinski definition) is 0. The van der Waals surface area contributed by atoms with E-state index in [1.165, 1.54) is 0 Å². The second-order valence-corrected chi connectivity index (χ2v) is 4.88. The molecule has 0 spiro atoms. The first-order chi connectivity index (χ1) is 9.22. The summed E-state index contributed by atoms with van der Waals surface area (Å²) in [6, 6.07) is 7.50. The van der Waals surface area contributed by atoms with Crippen molar-refractivity contribution in [2.45, 2.75) is 13.3 Å². The lowest BCUT2D eigenvalue weighted by molar-refractivity contribution is 0.0758. The van der Waals surface area contributed by atoms with Crippen molar-refractivity contribution in [3.8, 4) is 5.75 Å². The van der Waals surface area contributed by atoms with Crippen LogP contribution in [0.1, 0.15) is 23.7 Å². The van der Waals surface area contributed by atoms with Gasteiger partial charge in [-0.25, -0.2) is 0 Å². The summed E-state index contributed by atoms with van der Waals surface area (Å²) < 4.78 is 5.54. The maximum atomic E-state index is 12.6. The third kappa shape index (κ3) is 3.47. The summed E-state index contributed by atoms with van der Waals surface area (Å²) in [5, 5.41) is 0. The fourth-order valence-electron chi connectivity index (χ4n) is 2.34. The third-order valence-corrected chi connectivity index (χ3v) is 3.42. The highest BCUT2D eigenvalue weighted by atomic mass is 16.5. The maximum Gasteiger partial charge on any atom is 0.257 e. The van der Waals surface area contributed by atoms with Gasteiger partial charge in [0.2, 0.25) is 0 Å². The van der Waals surface area contributed by atoms with Gasteiger partial charge in [-0.1, -0.05) is 12.1 Å². The van der Waals surface area contributed by atoms with Crippen LogP contribution in [-0.4, -0.2) is 55.5 Å². The number of benzene rings is 1. The molecule has 1 amide bonds. The molecule has 1 aromatic rings. The van der Waals surface area contributed by atoms with Gasteiger partial charge in [0.15, 0.2) is 0 Å². The number of likely N-dealkylation sites (N-methyl/N-ethyl adjacent to an activating group) is 1. The van der Waals surface area contributed by atoms with Gasteiger partial charge in [0.1, 0.15) is 5.75 Å². The van der Waals surface area contributed by atoms with Crippen molar-refractivity contribution in [2.75, 3.05) is 39.8 Å². The first-order valence-corrected chi connectivity index (χ1v) is 6.92. The van der Waals surface area contributed by atoms with Gasteiger partial charge in [0.25, 0.3) is 5.91 Å². The highest BCUT2D eigenvalue weighted by Gasteiger charge is 2.21. The number of hydrogen-bond acceptors (Lipinski definition) is 3. The lowest BCUT2D eigenvalue weighted by atomic mass is 10.1. The molecule has 1 aromatic carbocycles. The molecule has 104 valence electrons. The van der Waals surface area contributed by atoms with Crippen LogP contribution in [0.4, 0.5) is 0 Å². The average molecular weight is 262 g/mol. The van der Waals surface area contributed by atoms with Gasteiger partial charge in [-0.15, -0.1) is 0 Å². The molecular formula is C15H22N2O2.